The number of nitrogens with one attached hydrogen (secondary N) is 9. The number of fused-ring (bicyclic) bond motifs is 6. The van der Waals surface area contributed by atoms with Gasteiger partial charge in [-0.05, 0) is 0 Å². The lowest BCUT2D eigenvalue weighted by Gasteiger charge is -2.14. The standard InChI is InChI=1S/C15H24N18/c1-16-7-25-10-19-4-21-12-27-8(17-2)29-14(32-12)23-6-24-15-30-9(18-3)28-13(33-15)22-5-20-11(26-7)31-10/h4-6H2,1-3H3,(H3,16,19,20,25,26,31)(H3,17,21,23,27,29,32)(H3,18,22,24,28,30,33). The van der Waals surface area contributed by atoms with Crippen molar-refractivity contribution in [3.05, 3.63) is 0 Å². The van der Waals surface area contributed by atoms with E-state index in [9.17, 15) is 0 Å². The minimum absolute atomic E-state index is 0.255. The topological polar surface area (TPSA) is 224 Å². The molecule has 4 rings (SSSR count). The van der Waals surface area contributed by atoms with Crippen LogP contribution in [0.5, 0.6) is 0 Å². The summed E-state index contributed by atoms with van der Waals surface area (Å²) in [5.74, 6) is 3.22. The molecule has 0 aromatic carbocycles. The normalized spacial score (nSPS) is 13.2. The molecule has 1 aliphatic rings. The molecule has 0 fully saturated rings. The smallest absolute Gasteiger partial charge is 0.230 e. The van der Waals surface area contributed by atoms with E-state index in [0.717, 1.165) is 0 Å². The van der Waals surface area contributed by atoms with Crippen LogP contribution in [-0.2, 0) is 0 Å². The van der Waals surface area contributed by atoms with Gasteiger partial charge in [0.25, 0.3) is 0 Å². The summed E-state index contributed by atoms with van der Waals surface area (Å²) in [6.07, 6.45) is 0. The molecular formula is C15H24N18. The first-order valence-corrected chi connectivity index (χ1v) is 9.90. The molecule has 0 radical (unpaired) electrons. The van der Waals surface area contributed by atoms with Crippen molar-refractivity contribution in [1.29, 1.82) is 0 Å². The van der Waals surface area contributed by atoms with Crippen LogP contribution in [0.15, 0.2) is 0 Å². The quantitative estimate of drug-likeness (QED) is 0.233. The molecule has 174 valence electrons. The Morgan fingerprint density at radius 3 is 0.788 bits per heavy atom. The van der Waals surface area contributed by atoms with Gasteiger partial charge >= 0.3 is 0 Å². The second-order valence-corrected chi connectivity index (χ2v) is 6.26. The molecule has 0 saturated carbocycles. The predicted molar refractivity (Wildman–Crippen MR) is 124 cm³/mol. The Balaban J connectivity index is 1.63. The second kappa shape index (κ2) is 10.0. The Labute approximate surface area is 188 Å². The monoisotopic (exact) mass is 456 g/mol. The number of hydrogen-bond acceptors (Lipinski definition) is 18. The molecule has 18 heteroatoms. The van der Waals surface area contributed by atoms with E-state index in [0.29, 0.717) is 53.5 Å². The van der Waals surface area contributed by atoms with Crippen LogP contribution in [0.3, 0.4) is 0 Å². The van der Waals surface area contributed by atoms with Crippen molar-refractivity contribution in [1.82, 2.24) is 44.9 Å². The van der Waals surface area contributed by atoms with Crippen LogP contribution in [0.4, 0.5) is 53.5 Å². The summed E-state index contributed by atoms with van der Waals surface area (Å²) < 4.78 is 0. The van der Waals surface area contributed by atoms with E-state index in [4.69, 9.17) is 0 Å². The van der Waals surface area contributed by atoms with Gasteiger partial charge < -0.3 is 47.9 Å². The van der Waals surface area contributed by atoms with Gasteiger partial charge in [-0.25, -0.2) is 0 Å². The maximum atomic E-state index is 4.35. The van der Waals surface area contributed by atoms with Crippen LogP contribution in [0.1, 0.15) is 0 Å². The lowest BCUT2D eigenvalue weighted by Crippen LogP contribution is -2.22. The van der Waals surface area contributed by atoms with Gasteiger partial charge in [-0.1, -0.05) is 0 Å². The second-order valence-electron chi connectivity index (χ2n) is 6.26. The summed E-state index contributed by atoms with van der Waals surface area (Å²) in [5.41, 5.74) is 0. The van der Waals surface area contributed by atoms with Crippen molar-refractivity contribution in [3.8, 4) is 0 Å². The molecule has 1 aliphatic heterocycles. The van der Waals surface area contributed by atoms with Gasteiger partial charge in [-0.2, -0.15) is 44.9 Å². The van der Waals surface area contributed by atoms with Crippen LogP contribution in [0.2, 0.25) is 0 Å². The molecule has 0 amide bonds. The van der Waals surface area contributed by atoms with E-state index in [1.165, 1.54) is 0 Å². The highest BCUT2D eigenvalue weighted by molar-refractivity contribution is 5.47. The van der Waals surface area contributed by atoms with Gasteiger partial charge in [0.2, 0.25) is 53.5 Å². The molecule has 0 saturated heterocycles. The van der Waals surface area contributed by atoms with E-state index in [1.807, 2.05) is 0 Å². The van der Waals surface area contributed by atoms with Gasteiger partial charge in [-0.15, -0.1) is 0 Å². The van der Waals surface area contributed by atoms with E-state index >= 15 is 0 Å². The zero-order valence-corrected chi connectivity index (χ0v) is 18.1. The summed E-state index contributed by atoms with van der Waals surface area (Å²) in [7, 11) is 5.15. The van der Waals surface area contributed by atoms with Gasteiger partial charge in [0.15, 0.2) is 0 Å². The number of nitrogens with zero attached hydrogens (tertiary/aromatic N) is 9. The number of rotatable bonds is 3. The van der Waals surface area contributed by atoms with Crippen molar-refractivity contribution in [3.63, 3.8) is 0 Å². The van der Waals surface area contributed by atoms with Gasteiger partial charge in [0, 0.05) is 21.1 Å². The lowest BCUT2D eigenvalue weighted by molar-refractivity contribution is 0.961. The van der Waals surface area contributed by atoms with Gasteiger partial charge in [0.05, 0.1) is 20.0 Å². The highest BCUT2D eigenvalue weighted by Gasteiger charge is 2.10. The van der Waals surface area contributed by atoms with Crippen molar-refractivity contribution in [2.75, 3.05) is 89.0 Å². The highest BCUT2D eigenvalue weighted by Crippen LogP contribution is 2.13. The van der Waals surface area contributed by atoms with Crippen molar-refractivity contribution >= 4 is 53.5 Å². The minimum Gasteiger partial charge on any atom is -0.357 e. The fourth-order valence-corrected chi connectivity index (χ4v) is 2.54. The van der Waals surface area contributed by atoms with Crippen LogP contribution in [0, 0.1) is 0 Å². The van der Waals surface area contributed by atoms with Gasteiger partial charge in [-0.3, -0.25) is 0 Å². The summed E-state index contributed by atoms with van der Waals surface area (Å²) in [5, 5.41) is 27.1. The zero-order valence-electron chi connectivity index (χ0n) is 18.1. The molecule has 0 unspecified atom stereocenters. The summed E-state index contributed by atoms with van der Waals surface area (Å²) in [4.78, 5) is 38.8. The van der Waals surface area contributed by atoms with Crippen LogP contribution in [0.25, 0.3) is 0 Å². The Kier molecular flexibility index (Phi) is 6.52. The molecule has 0 atom stereocenters. The Hall–Kier alpha value is -4.77. The summed E-state index contributed by atoms with van der Waals surface area (Å²) in [6, 6.07) is 0. The third kappa shape index (κ3) is 5.68. The van der Waals surface area contributed by atoms with E-state index in [-0.39, 0.29) is 20.0 Å². The molecule has 0 aliphatic carbocycles. The largest absolute Gasteiger partial charge is 0.357 e. The summed E-state index contributed by atoms with van der Waals surface area (Å²) in [6.45, 7) is 0.764. The molecule has 3 aromatic heterocycles. The predicted octanol–water partition coefficient (Wildman–Crippen LogP) is -0.875. The maximum Gasteiger partial charge on any atom is 0.230 e. The Morgan fingerprint density at radius 2 is 0.606 bits per heavy atom. The lowest BCUT2D eigenvalue weighted by atomic mass is 10.7. The SMILES string of the molecule is CNc1nc2nc(n1)NCNc1nc(NC)nc(n1)NCNc1nc(NC)nc(n1)NCN2. The Morgan fingerprint density at radius 1 is 0.394 bits per heavy atom. The fourth-order valence-electron chi connectivity index (χ4n) is 2.54. The zero-order chi connectivity index (χ0) is 23.0. The van der Waals surface area contributed by atoms with Crippen molar-refractivity contribution < 1.29 is 0 Å². The molecule has 6 bridgehead atoms. The maximum absolute atomic E-state index is 4.35. The first-order valence-electron chi connectivity index (χ1n) is 9.90. The third-order valence-electron chi connectivity index (χ3n) is 4.06. The average Bonchev–Trinajstić information content (AvgIpc) is 2.83. The molecular weight excluding hydrogens is 432 g/mol. The van der Waals surface area contributed by atoms with Crippen LogP contribution in [-0.4, -0.2) is 86.0 Å². The molecule has 33 heavy (non-hydrogen) atoms. The molecule has 18 nitrogen and oxygen atoms in total. The number of aromatic nitrogens is 9. The molecule has 9 N–H and O–H groups in total. The first kappa shape index (κ1) is 21.5. The minimum atomic E-state index is 0.255. The first-order chi connectivity index (χ1) is 16.1. The molecule has 4 heterocycles. The Bertz CT molecular complexity index is 885. The van der Waals surface area contributed by atoms with Gasteiger partial charge in [0.1, 0.15) is 0 Å². The van der Waals surface area contributed by atoms with E-state index in [1.54, 1.807) is 21.1 Å². The average molecular weight is 456 g/mol. The van der Waals surface area contributed by atoms with Crippen LogP contribution < -0.4 is 47.9 Å². The van der Waals surface area contributed by atoms with Crippen LogP contribution >= 0.6 is 0 Å². The number of hydrogen-bond donors (Lipinski definition) is 9. The molecule has 3 aromatic rings. The fraction of sp³-hybridized carbons (Fsp3) is 0.400. The van der Waals surface area contributed by atoms with E-state index < -0.39 is 0 Å². The molecule has 0 spiro atoms. The summed E-state index contributed by atoms with van der Waals surface area (Å²) >= 11 is 0. The van der Waals surface area contributed by atoms with Crippen molar-refractivity contribution in [2.24, 2.45) is 0 Å². The number of anilines is 9. The third-order valence-corrected chi connectivity index (χ3v) is 4.06. The van der Waals surface area contributed by atoms with Crippen molar-refractivity contribution in [2.45, 2.75) is 0 Å². The highest BCUT2D eigenvalue weighted by atomic mass is 15.4. The van der Waals surface area contributed by atoms with E-state index in [2.05, 4.69) is 92.7 Å².